The van der Waals surface area contributed by atoms with Gasteiger partial charge in [0, 0.05) is 12.6 Å². The molecule has 7 heteroatoms. The van der Waals surface area contributed by atoms with Gasteiger partial charge in [0.05, 0.1) is 22.6 Å². The van der Waals surface area contributed by atoms with Crippen molar-refractivity contribution in [1.82, 2.24) is 20.4 Å². The summed E-state index contributed by atoms with van der Waals surface area (Å²) in [6.07, 6.45) is 0. The van der Waals surface area contributed by atoms with Crippen molar-refractivity contribution in [2.24, 2.45) is 0 Å². The van der Waals surface area contributed by atoms with Crippen molar-refractivity contribution in [3.63, 3.8) is 0 Å². The quantitative estimate of drug-likeness (QED) is 0.838. The maximum atomic E-state index is 13.1. The lowest BCUT2D eigenvalue weighted by atomic mass is 10.1. The van der Waals surface area contributed by atoms with E-state index in [0.29, 0.717) is 17.8 Å². The van der Waals surface area contributed by atoms with Crippen molar-refractivity contribution >= 4 is 18.3 Å². The Morgan fingerprint density at radius 3 is 2.50 bits per heavy atom. The molecule has 0 spiro atoms. The third kappa shape index (κ3) is 4.55. The lowest BCUT2D eigenvalue weighted by Crippen LogP contribution is -2.39. The Kier molecular flexibility index (Phi) is 7.38. The molecule has 0 unspecified atom stereocenters. The fraction of sp³-hybridized carbons (Fsp3) is 0.412. The topological polar surface area (TPSA) is 58.9 Å². The maximum Gasteiger partial charge on any atom is 0.255 e. The van der Waals surface area contributed by atoms with Gasteiger partial charge in [-0.25, -0.2) is 9.07 Å². The smallest absolute Gasteiger partial charge is 0.255 e. The molecule has 0 saturated heterocycles. The summed E-state index contributed by atoms with van der Waals surface area (Å²) in [7, 11) is 0. The number of hydrogen-bond acceptors (Lipinski definition) is 3. The van der Waals surface area contributed by atoms with Crippen molar-refractivity contribution in [2.75, 3.05) is 13.1 Å². The predicted octanol–water partition coefficient (Wildman–Crippen LogP) is 2.78. The van der Waals surface area contributed by atoms with Gasteiger partial charge in [0.2, 0.25) is 0 Å². The molecule has 0 saturated carbocycles. The Labute approximate surface area is 148 Å². The minimum absolute atomic E-state index is 0. The van der Waals surface area contributed by atoms with Crippen LogP contribution in [0.2, 0.25) is 0 Å². The van der Waals surface area contributed by atoms with Crippen LogP contribution in [0.5, 0.6) is 0 Å². The Balaban J connectivity index is 0.00000288. The number of carbonyl (C=O) groups excluding carboxylic acids is 1. The number of aryl methyl sites for hydroxylation is 1. The van der Waals surface area contributed by atoms with Gasteiger partial charge in [0.1, 0.15) is 5.82 Å². The minimum Gasteiger partial charge on any atom is -0.350 e. The normalized spacial score (nSPS) is 11.7. The Morgan fingerprint density at radius 2 is 1.92 bits per heavy atom. The molecule has 0 aliphatic carbocycles. The van der Waals surface area contributed by atoms with Crippen molar-refractivity contribution in [2.45, 2.75) is 33.7 Å². The first-order chi connectivity index (χ1) is 10.9. The van der Waals surface area contributed by atoms with E-state index in [-0.39, 0.29) is 30.2 Å². The molecule has 0 radical (unpaired) electrons. The molecule has 2 N–H and O–H groups in total. The van der Waals surface area contributed by atoms with Crippen molar-refractivity contribution < 1.29 is 9.18 Å². The van der Waals surface area contributed by atoms with Gasteiger partial charge < -0.3 is 10.6 Å². The van der Waals surface area contributed by atoms with E-state index >= 15 is 0 Å². The van der Waals surface area contributed by atoms with Crippen LogP contribution in [-0.2, 0) is 0 Å². The SMILES string of the molecule is CCN[C@H](C)CNC(=O)c1c(C)nn(-c2ccc(F)cc2)c1C.Cl. The highest BCUT2D eigenvalue weighted by Crippen LogP contribution is 2.18. The van der Waals surface area contributed by atoms with E-state index in [0.717, 1.165) is 17.9 Å². The molecule has 2 aromatic rings. The van der Waals surface area contributed by atoms with Crippen LogP contribution < -0.4 is 10.6 Å². The van der Waals surface area contributed by atoms with Crippen molar-refractivity contribution in [3.8, 4) is 5.69 Å². The zero-order valence-corrected chi connectivity index (χ0v) is 15.2. The highest BCUT2D eigenvalue weighted by molar-refractivity contribution is 5.96. The summed E-state index contributed by atoms with van der Waals surface area (Å²) in [5.74, 6) is -0.441. The Hall–Kier alpha value is -1.92. The summed E-state index contributed by atoms with van der Waals surface area (Å²) in [5.41, 5.74) is 2.69. The molecule has 2 rings (SSSR count). The Bertz CT molecular complexity index is 685. The molecule has 1 amide bonds. The second-order valence-electron chi connectivity index (χ2n) is 5.60. The van der Waals surface area contributed by atoms with Gasteiger partial charge in [-0.1, -0.05) is 6.92 Å². The molecule has 0 bridgehead atoms. The lowest BCUT2D eigenvalue weighted by molar-refractivity contribution is 0.0949. The zero-order valence-electron chi connectivity index (χ0n) is 14.4. The van der Waals surface area contributed by atoms with Gasteiger partial charge in [-0.15, -0.1) is 12.4 Å². The van der Waals surface area contributed by atoms with E-state index in [1.807, 2.05) is 20.8 Å². The van der Waals surface area contributed by atoms with Crippen LogP contribution in [0.3, 0.4) is 0 Å². The van der Waals surface area contributed by atoms with Crippen LogP contribution in [-0.4, -0.2) is 34.8 Å². The van der Waals surface area contributed by atoms with E-state index < -0.39 is 0 Å². The molecule has 5 nitrogen and oxygen atoms in total. The average molecular weight is 355 g/mol. The number of aromatic nitrogens is 2. The van der Waals surface area contributed by atoms with E-state index in [1.54, 1.807) is 23.7 Å². The fourth-order valence-electron chi connectivity index (χ4n) is 2.56. The molecule has 0 aliphatic rings. The molecular weight excluding hydrogens is 331 g/mol. The molecule has 1 aromatic heterocycles. The molecule has 0 aliphatic heterocycles. The first-order valence-electron chi connectivity index (χ1n) is 7.77. The van der Waals surface area contributed by atoms with E-state index in [2.05, 4.69) is 15.7 Å². The van der Waals surface area contributed by atoms with Gasteiger partial charge in [-0.2, -0.15) is 5.10 Å². The standard InChI is InChI=1S/C17H23FN4O.ClH/c1-5-19-11(2)10-20-17(23)16-12(3)21-22(13(16)4)15-8-6-14(18)7-9-15;/h6-9,11,19H,5,10H2,1-4H3,(H,20,23);1H/t11-;/m1./s1. The highest BCUT2D eigenvalue weighted by Gasteiger charge is 2.19. The van der Waals surface area contributed by atoms with Crippen LogP contribution in [0.1, 0.15) is 35.6 Å². The number of carbonyl (C=O) groups is 1. The van der Waals surface area contributed by atoms with Crippen LogP contribution in [0.15, 0.2) is 24.3 Å². The number of halogens is 2. The summed E-state index contributed by atoms with van der Waals surface area (Å²) in [5, 5.41) is 10.6. The zero-order chi connectivity index (χ0) is 17.0. The fourth-order valence-corrected chi connectivity index (χ4v) is 2.56. The molecule has 0 fully saturated rings. The second-order valence-corrected chi connectivity index (χ2v) is 5.60. The monoisotopic (exact) mass is 354 g/mol. The molecule has 1 heterocycles. The summed E-state index contributed by atoms with van der Waals surface area (Å²) in [6, 6.07) is 6.25. The predicted molar refractivity (Wildman–Crippen MR) is 95.7 cm³/mol. The summed E-state index contributed by atoms with van der Waals surface area (Å²) in [4.78, 5) is 12.4. The molecule has 24 heavy (non-hydrogen) atoms. The van der Waals surface area contributed by atoms with Crippen LogP contribution in [0.4, 0.5) is 4.39 Å². The number of amides is 1. The van der Waals surface area contributed by atoms with Crippen LogP contribution >= 0.6 is 12.4 Å². The van der Waals surface area contributed by atoms with Crippen LogP contribution in [0.25, 0.3) is 5.69 Å². The molecule has 1 aromatic carbocycles. The number of hydrogen-bond donors (Lipinski definition) is 2. The van der Waals surface area contributed by atoms with Crippen molar-refractivity contribution in [3.05, 3.63) is 47.0 Å². The highest BCUT2D eigenvalue weighted by atomic mass is 35.5. The minimum atomic E-state index is -0.300. The lowest BCUT2D eigenvalue weighted by Gasteiger charge is -2.13. The van der Waals surface area contributed by atoms with Gasteiger partial charge in [-0.05, 0) is 51.6 Å². The van der Waals surface area contributed by atoms with Gasteiger partial charge in [0.15, 0.2) is 0 Å². The molecule has 132 valence electrons. The molecular formula is C17H24ClFN4O. The van der Waals surface area contributed by atoms with Crippen LogP contribution in [0, 0.1) is 19.7 Å². The third-order valence-electron chi connectivity index (χ3n) is 3.71. The van der Waals surface area contributed by atoms with E-state index in [1.165, 1.54) is 12.1 Å². The first-order valence-corrected chi connectivity index (χ1v) is 7.77. The average Bonchev–Trinajstić information content (AvgIpc) is 2.81. The number of nitrogens with one attached hydrogen (secondary N) is 2. The second kappa shape index (κ2) is 8.80. The number of rotatable bonds is 6. The number of benzene rings is 1. The Morgan fingerprint density at radius 1 is 1.29 bits per heavy atom. The summed E-state index contributed by atoms with van der Waals surface area (Å²) < 4.78 is 14.7. The van der Waals surface area contributed by atoms with Gasteiger partial charge >= 0.3 is 0 Å². The molecule has 1 atom stereocenters. The van der Waals surface area contributed by atoms with Crippen molar-refractivity contribution in [1.29, 1.82) is 0 Å². The van der Waals surface area contributed by atoms with Gasteiger partial charge in [0.25, 0.3) is 5.91 Å². The van der Waals surface area contributed by atoms with E-state index in [4.69, 9.17) is 0 Å². The summed E-state index contributed by atoms with van der Waals surface area (Å²) >= 11 is 0. The third-order valence-corrected chi connectivity index (χ3v) is 3.71. The largest absolute Gasteiger partial charge is 0.350 e. The van der Waals surface area contributed by atoms with E-state index in [9.17, 15) is 9.18 Å². The summed E-state index contributed by atoms with van der Waals surface area (Å²) in [6.45, 7) is 9.09. The number of likely N-dealkylation sites (N-methyl/N-ethyl adjacent to an activating group) is 1. The van der Waals surface area contributed by atoms with Gasteiger partial charge in [-0.3, -0.25) is 4.79 Å². The maximum absolute atomic E-state index is 13.1. The first kappa shape index (κ1) is 20.1. The number of nitrogens with zero attached hydrogens (tertiary/aromatic N) is 2.